The van der Waals surface area contributed by atoms with Gasteiger partial charge in [0.05, 0.1) is 6.54 Å². The van der Waals surface area contributed by atoms with Gasteiger partial charge < -0.3 is 14.6 Å². The number of rotatable bonds is 5. The summed E-state index contributed by atoms with van der Waals surface area (Å²) in [6, 6.07) is 13.6. The lowest BCUT2D eigenvalue weighted by Crippen LogP contribution is -2.50. The predicted molar refractivity (Wildman–Crippen MR) is 125 cm³/mol. The van der Waals surface area contributed by atoms with Gasteiger partial charge in [-0.1, -0.05) is 41.1 Å². The second-order valence-electron chi connectivity index (χ2n) is 7.82. The minimum absolute atomic E-state index is 0.0283. The lowest BCUT2D eigenvalue weighted by molar-refractivity contribution is -0.117. The second-order valence-corrected chi connectivity index (χ2v) is 8.74. The van der Waals surface area contributed by atoms with Crippen molar-refractivity contribution in [3.05, 3.63) is 63.8 Å². The summed E-state index contributed by atoms with van der Waals surface area (Å²) in [5.41, 5.74) is 3.57. The van der Waals surface area contributed by atoms with E-state index in [1.165, 1.54) is 0 Å². The number of benzene rings is 2. The smallest absolute Gasteiger partial charge is 0.289 e. The number of anilines is 1. The molecule has 0 bridgehead atoms. The lowest BCUT2D eigenvalue weighted by atomic mass is 10.1. The minimum Gasteiger partial charge on any atom is -0.451 e. The molecule has 2 heterocycles. The number of hydrogen-bond donors (Lipinski definition) is 1. The van der Waals surface area contributed by atoms with Crippen molar-refractivity contribution in [1.29, 1.82) is 0 Å². The maximum absolute atomic E-state index is 13.0. The normalized spacial score (nSPS) is 14.7. The molecule has 162 valence electrons. The van der Waals surface area contributed by atoms with Crippen LogP contribution in [0.2, 0.25) is 0 Å². The Morgan fingerprint density at radius 3 is 2.58 bits per heavy atom. The van der Waals surface area contributed by atoms with Gasteiger partial charge in [-0.05, 0) is 43.2 Å². The summed E-state index contributed by atoms with van der Waals surface area (Å²) in [7, 11) is 0. The molecule has 1 aliphatic rings. The van der Waals surface area contributed by atoms with Gasteiger partial charge >= 0.3 is 0 Å². The quantitative estimate of drug-likeness (QED) is 0.581. The molecule has 7 heteroatoms. The average molecular weight is 484 g/mol. The van der Waals surface area contributed by atoms with Gasteiger partial charge in [0.15, 0.2) is 5.76 Å². The van der Waals surface area contributed by atoms with Crippen LogP contribution in [0.1, 0.15) is 28.6 Å². The molecule has 0 unspecified atom stereocenters. The fourth-order valence-corrected chi connectivity index (χ4v) is 4.35. The molecular weight excluding hydrogens is 458 g/mol. The molecule has 0 aliphatic carbocycles. The number of amides is 2. The highest BCUT2D eigenvalue weighted by atomic mass is 79.9. The first-order chi connectivity index (χ1) is 15.0. The first-order valence-electron chi connectivity index (χ1n) is 10.5. The number of nitrogens with one attached hydrogen (secondary N) is 1. The van der Waals surface area contributed by atoms with Gasteiger partial charge in [0.1, 0.15) is 5.58 Å². The molecule has 31 heavy (non-hydrogen) atoms. The molecule has 3 aromatic rings. The molecule has 1 aromatic heterocycles. The van der Waals surface area contributed by atoms with Crippen LogP contribution >= 0.6 is 15.9 Å². The Hall–Kier alpha value is -2.64. The van der Waals surface area contributed by atoms with Crippen molar-refractivity contribution in [3.8, 4) is 0 Å². The number of halogens is 1. The Labute approximate surface area is 190 Å². The Bertz CT molecular complexity index is 1120. The predicted octanol–water partition coefficient (Wildman–Crippen LogP) is 4.46. The third-order valence-corrected chi connectivity index (χ3v) is 6.28. The van der Waals surface area contributed by atoms with Crippen molar-refractivity contribution >= 4 is 44.4 Å². The third-order valence-electron chi connectivity index (χ3n) is 5.79. The van der Waals surface area contributed by atoms with Crippen molar-refractivity contribution in [1.82, 2.24) is 9.80 Å². The fraction of sp³-hybridized carbons (Fsp3) is 0.333. The Morgan fingerprint density at radius 1 is 1.10 bits per heavy atom. The fourth-order valence-electron chi connectivity index (χ4n) is 3.99. The van der Waals surface area contributed by atoms with Gasteiger partial charge in [0.25, 0.3) is 5.91 Å². The lowest BCUT2D eigenvalue weighted by Gasteiger charge is -2.34. The van der Waals surface area contributed by atoms with Crippen LogP contribution in [-0.4, -0.2) is 54.3 Å². The zero-order valence-electron chi connectivity index (χ0n) is 17.8. The monoisotopic (exact) mass is 483 g/mol. The second kappa shape index (κ2) is 9.24. The van der Waals surface area contributed by atoms with Gasteiger partial charge in [-0.3, -0.25) is 14.5 Å². The minimum atomic E-state index is -0.0919. The number of carbonyl (C=O) groups is 2. The topological polar surface area (TPSA) is 65.8 Å². The molecule has 0 saturated carbocycles. The summed E-state index contributed by atoms with van der Waals surface area (Å²) in [6.07, 6.45) is 0.870. The molecule has 1 saturated heterocycles. The highest BCUT2D eigenvalue weighted by molar-refractivity contribution is 9.10. The van der Waals surface area contributed by atoms with Crippen LogP contribution in [-0.2, 0) is 11.2 Å². The van der Waals surface area contributed by atoms with E-state index in [0.717, 1.165) is 33.1 Å². The molecule has 4 rings (SSSR count). The zero-order chi connectivity index (χ0) is 22.0. The van der Waals surface area contributed by atoms with E-state index in [2.05, 4.69) is 33.1 Å². The molecule has 1 fully saturated rings. The number of nitrogens with zero attached hydrogens (tertiary/aromatic N) is 2. The van der Waals surface area contributed by atoms with E-state index in [4.69, 9.17) is 4.42 Å². The van der Waals surface area contributed by atoms with Gasteiger partial charge in [0.2, 0.25) is 5.91 Å². The summed E-state index contributed by atoms with van der Waals surface area (Å²) in [6.45, 7) is 6.75. The van der Waals surface area contributed by atoms with Crippen molar-refractivity contribution < 1.29 is 14.0 Å². The van der Waals surface area contributed by atoms with E-state index < -0.39 is 0 Å². The summed E-state index contributed by atoms with van der Waals surface area (Å²) >= 11 is 3.47. The molecule has 0 spiro atoms. The van der Waals surface area contributed by atoms with Gasteiger partial charge in [-0.15, -0.1) is 0 Å². The highest BCUT2D eigenvalue weighted by Crippen LogP contribution is 2.29. The van der Waals surface area contributed by atoms with Crippen LogP contribution in [0.25, 0.3) is 11.0 Å². The number of furan rings is 1. The first kappa shape index (κ1) is 21.6. The molecular formula is C24H26BrN3O3. The summed E-state index contributed by atoms with van der Waals surface area (Å²) in [4.78, 5) is 29.4. The highest BCUT2D eigenvalue weighted by Gasteiger charge is 2.27. The number of carbonyl (C=O) groups excluding carboxylic acids is 2. The first-order valence-corrected chi connectivity index (χ1v) is 11.3. The SMILES string of the molecule is CCc1ccccc1NC(=O)CN1CCN(C(=O)c2oc3ccc(Br)cc3c2C)CC1. The summed E-state index contributed by atoms with van der Waals surface area (Å²) < 4.78 is 6.81. The summed E-state index contributed by atoms with van der Waals surface area (Å²) in [5, 5.41) is 3.96. The maximum Gasteiger partial charge on any atom is 0.289 e. The van der Waals surface area contributed by atoms with Crippen molar-refractivity contribution in [2.45, 2.75) is 20.3 Å². The largest absolute Gasteiger partial charge is 0.451 e. The standard InChI is InChI=1S/C24H26BrN3O3/c1-3-17-6-4-5-7-20(17)26-22(29)15-27-10-12-28(13-11-27)24(30)23-16(2)19-14-18(25)8-9-21(19)31-23/h4-9,14H,3,10-13,15H2,1-2H3,(H,26,29). The van der Waals surface area contributed by atoms with Crippen LogP contribution in [0, 0.1) is 6.92 Å². The zero-order valence-corrected chi connectivity index (χ0v) is 19.4. The van der Waals surface area contributed by atoms with Crippen LogP contribution in [0.4, 0.5) is 5.69 Å². The van der Waals surface area contributed by atoms with Gasteiger partial charge in [-0.2, -0.15) is 0 Å². The van der Waals surface area contributed by atoms with Crippen LogP contribution < -0.4 is 5.32 Å². The average Bonchev–Trinajstić information content (AvgIpc) is 3.10. The molecule has 2 aromatic carbocycles. The van der Waals surface area contributed by atoms with E-state index in [0.29, 0.717) is 44.1 Å². The van der Waals surface area contributed by atoms with Crippen molar-refractivity contribution in [2.24, 2.45) is 0 Å². The number of aryl methyl sites for hydroxylation is 2. The molecule has 6 nitrogen and oxygen atoms in total. The van der Waals surface area contributed by atoms with Crippen molar-refractivity contribution in [3.63, 3.8) is 0 Å². The van der Waals surface area contributed by atoms with Crippen LogP contribution in [0.5, 0.6) is 0 Å². The Kier molecular flexibility index (Phi) is 6.43. The van der Waals surface area contributed by atoms with Gasteiger partial charge in [0, 0.05) is 47.3 Å². The Balaban J connectivity index is 1.35. The number of piperazine rings is 1. The molecule has 1 aliphatic heterocycles. The van der Waals surface area contributed by atoms with E-state index >= 15 is 0 Å². The van der Waals surface area contributed by atoms with E-state index in [9.17, 15) is 9.59 Å². The van der Waals surface area contributed by atoms with Crippen molar-refractivity contribution in [2.75, 3.05) is 38.0 Å². The third kappa shape index (κ3) is 4.67. The van der Waals surface area contributed by atoms with Crippen LogP contribution in [0.3, 0.4) is 0 Å². The summed E-state index contributed by atoms with van der Waals surface area (Å²) in [5.74, 6) is 0.278. The van der Waals surface area contributed by atoms with E-state index in [1.807, 2.05) is 49.4 Å². The number of hydrogen-bond acceptors (Lipinski definition) is 4. The van der Waals surface area contributed by atoms with E-state index in [1.54, 1.807) is 4.90 Å². The Morgan fingerprint density at radius 2 is 1.84 bits per heavy atom. The molecule has 0 radical (unpaired) electrons. The van der Waals surface area contributed by atoms with E-state index in [-0.39, 0.29) is 11.8 Å². The number of fused-ring (bicyclic) bond motifs is 1. The molecule has 0 atom stereocenters. The molecule has 1 N–H and O–H groups in total. The maximum atomic E-state index is 13.0. The molecule has 2 amide bonds. The number of para-hydroxylation sites is 1. The van der Waals surface area contributed by atoms with Crippen LogP contribution in [0.15, 0.2) is 51.4 Å². The van der Waals surface area contributed by atoms with Gasteiger partial charge in [-0.25, -0.2) is 0 Å².